The average molecular weight is 439 g/mol. The molecule has 6 heteroatoms. The molecule has 1 aromatic heterocycles. The van der Waals surface area contributed by atoms with Crippen molar-refractivity contribution in [1.82, 2.24) is 20.4 Å². The number of hydrogen-bond donors (Lipinski definition) is 2. The summed E-state index contributed by atoms with van der Waals surface area (Å²) in [5.74, 6) is 0.807. The van der Waals surface area contributed by atoms with Crippen molar-refractivity contribution < 1.29 is 0 Å². The summed E-state index contributed by atoms with van der Waals surface area (Å²) in [5, 5.41) is 11.1. The van der Waals surface area contributed by atoms with Gasteiger partial charge in [0, 0.05) is 26.3 Å². The first-order valence-corrected chi connectivity index (χ1v) is 7.90. The van der Waals surface area contributed by atoms with Crippen LogP contribution >= 0.6 is 24.0 Å². The van der Waals surface area contributed by atoms with Crippen LogP contribution in [-0.4, -0.2) is 35.9 Å². The second kappa shape index (κ2) is 10.9. The zero-order valence-corrected chi connectivity index (χ0v) is 16.7. The number of aliphatic imine (C=N–C) groups is 1. The van der Waals surface area contributed by atoms with E-state index in [1.54, 1.807) is 7.05 Å². The van der Waals surface area contributed by atoms with E-state index in [2.05, 4.69) is 52.6 Å². The van der Waals surface area contributed by atoms with Crippen LogP contribution in [0, 0.1) is 6.92 Å². The number of rotatable bonds is 7. The molecule has 0 radical (unpaired) electrons. The van der Waals surface area contributed by atoms with Crippen molar-refractivity contribution in [2.75, 3.05) is 20.1 Å². The molecule has 0 spiro atoms. The molecule has 0 amide bonds. The summed E-state index contributed by atoms with van der Waals surface area (Å²) < 4.78 is 1.95. The number of para-hydroxylation sites is 1. The Bertz CT molecular complexity index is 649. The molecular weight excluding hydrogens is 413 g/mol. The van der Waals surface area contributed by atoms with E-state index in [0.29, 0.717) is 6.54 Å². The minimum Gasteiger partial charge on any atom is -0.356 e. The van der Waals surface area contributed by atoms with Crippen molar-refractivity contribution in [3.05, 3.63) is 60.4 Å². The third-order valence-electron chi connectivity index (χ3n) is 3.57. The fraction of sp³-hybridized carbons (Fsp3) is 0.333. The van der Waals surface area contributed by atoms with Gasteiger partial charge >= 0.3 is 0 Å². The lowest BCUT2D eigenvalue weighted by atomic mass is 10.1. The summed E-state index contributed by atoms with van der Waals surface area (Å²) in [5.41, 5.74) is 3.46. The molecule has 1 aromatic carbocycles. The van der Waals surface area contributed by atoms with Crippen LogP contribution in [0.3, 0.4) is 0 Å². The lowest BCUT2D eigenvalue weighted by molar-refractivity contribution is 0.751. The molecule has 2 rings (SSSR count). The predicted octanol–water partition coefficient (Wildman–Crippen LogP) is 3.08. The van der Waals surface area contributed by atoms with E-state index in [9.17, 15) is 0 Å². The minimum absolute atomic E-state index is 0. The monoisotopic (exact) mass is 439 g/mol. The van der Waals surface area contributed by atoms with Gasteiger partial charge in [-0.2, -0.15) is 5.10 Å². The number of nitrogens with zero attached hydrogens (tertiary/aromatic N) is 3. The zero-order valence-electron chi connectivity index (χ0n) is 14.3. The summed E-state index contributed by atoms with van der Waals surface area (Å²) in [6, 6.07) is 10.2. The molecule has 0 aliphatic carbocycles. The van der Waals surface area contributed by atoms with Gasteiger partial charge < -0.3 is 10.6 Å². The van der Waals surface area contributed by atoms with Gasteiger partial charge in [0.05, 0.1) is 11.4 Å². The molecule has 0 aliphatic heterocycles. The summed E-state index contributed by atoms with van der Waals surface area (Å²) in [6.45, 7) is 7.33. The van der Waals surface area contributed by atoms with E-state index in [-0.39, 0.29) is 24.0 Å². The Balaban J connectivity index is 0.00000288. The fourth-order valence-electron chi connectivity index (χ4n) is 2.33. The predicted molar refractivity (Wildman–Crippen MR) is 112 cm³/mol. The minimum atomic E-state index is 0. The Hall–Kier alpha value is -1.83. The highest BCUT2D eigenvalue weighted by Gasteiger charge is 2.06. The summed E-state index contributed by atoms with van der Waals surface area (Å²) in [7, 11) is 1.77. The number of benzene rings is 1. The van der Waals surface area contributed by atoms with Gasteiger partial charge in [-0.25, -0.2) is 4.68 Å². The molecule has 0 saturated carbocycles. The first-order valence-electron chi connectivity index (χ1n) is 7.90. The van der Waals surface area contributed by atoms with Crippen LogP contribution in [0.25, 0.3) is 5.69 Å². The van der Waals surface area contributed by atoms with Crippen LogP contribution in [0.1, 0.15) is 17.7 Å². The largest absolute Gasteiger partial charge is 0.356 e. The SMILES string of the molecule is C=CCNC(=NC)NCCCc1cn(-c2ccccc2)nc1C.I. The highest BCUT2D eigenvalue weighted by molar-refractivity contribution is 14.0. The van der Waals surface area contributed by atoms with Crippen molar-refractivity contribution in [2.45, 2.75) is 19.8 Å². The van der Waals surface area contributed by atoms with Crippen LogP contribution in [0.4, 0.5) is 0 Å². The van der Waals surface area contributed by atoms with E-state index in [1.807, 2.05) is 29.0 Å². The second-order valence-electron chi connectivity index (χ2n) is 5.29. The molecule has 0 atom stereocenters. The van der Waals surface area contributed by atoms with Crippen molar-refractivity contribution >= 4 is 29.9 Å². The van der Waals surface area contributed by atoms with Crippen molar-refractivity contribution in [2.24, 2.45) is 4.99 Å². The van der Waals surface area contributed by atoms with Gasteiger partial charge in [0.25, 0.3) is 0 Å². The van der Waals surface area contributed by atoms with Gasteiger partial charge in [-0.15, -0.1) is 30.6 Å². The van der Waals surface area contributed by atoms with E-state index >= 15 is 0 Å². The number of hydrogen-bond acceptors (Lipinski definition) is 2. The zero-order chi connectivity index (χ0) is 16.5. The van der Waals surface area contributed by atoms with Gasteiger partial charge in [-0.1, -0.05) is 24.3 Å². The molecule has 130 valence electrons. The van der Waals surface area contributed by atoms with Gasteiger partial charge in [-0.3, -0.25) is 4.99 Å². The molecule has 0 unspecified atom stereocenters. The molecule has 2 N–H and O–H groups in total. The van der Waals surface area contributed by atoms with Crippen LogP contribution in [-0.2, 0) is 6.42 Å². The molecule has 24 heavy (non-hydrogen) atoms. The molecule has 1 heterocycles. The van der Waals surface area contributed by atoms with Crippen molar-refractivity contribution in [3.8, 4) is 5.69 Å². The molecule has 5 nitrogen and oxygen atoms in total. The van der Waals surface area contributed by atoms with Crippen LogP contribution in [0.5, 0.6) is 0 Å². The van der Waals surface area contributed by atoms with E-state index in [0.717, 1.165) is 36.7 Å². The Morgan fingerprint density at radius 2 is 2.04 bits per heavy atom. The van der Waals surface area contributed by atoms with Gasteiger partial charge in [0.1, 0.15) is 0 Å². The third kappa shape index (κ3) is 5.99. The highest BCUT2D eigenvalue weighted by atomic mass is 127. The molecule has 2 aromatic rings. The first-order chi connectivity index (χ1) is 11.2. The summed E-state index contributed by atoms with van der Waals surface area (Å²) in [6.07, 6.45) is 5.95. The smallest absolute Gasteiger partial charge is 0.191 e. The summed E-state index contributed by atoms with van der Waals surface area (Å²) >= 11 is 0. The lowest BCUT2D eigenvalue weighted by Crippen LogP contribution is -2.37. The molecule has 0 bridgehead atoms. The number of guanidine groups is 1. The topological polar surface area (TPSA) is 54.2 Å². The third-order valence-corrected chi connectivity index (χ3v) is 3.57. The Kier molecular flexibility index (Phi) is 9.14. The van der Waals surface area contributed by atoms with Crippen LogP contribution < -0.4 is 10.6 Å². The fourth-order valence-corrected chi connectivity index (χ4v) is 2.33. The van der Waals surface area contributed by atoms with E-state index < -0.39 is 0 Å². The number of halogens is 1. The summed E-state index contributed by atoms with van der Waals surface area (Å²) in [4.78, 5) is 4.16. The Morgan fingerprint density at radius 3 is 2.71 bits per heavy atom. The van der Waals surface area contributed by atoms with Gasteiger partial charge in [-0.05, 0) is 37.5 Å². The lowest BCUT2D eigenvalue weighted by Gasteiger charge is -2.09. The van der Waals surface area contributed by atoms with Crippen LogP contribution in [0.2, 0.25) is 0 Å². The number of nitrogens with one attached hydrogen (secondary N) is 2. The number of aryl methyl sites for hydroxylation is 2. The van der Waals surface area contributed by atoms with Crippen molar-refractivity contribution in [3.63, 3.8) is 0 Å². The number of aromatic nitrogens is 2. The van der Waals surface area contributed by atoms with Crippen LogP contribution in [0.15, 0.2) is 54.2 Å². The molecular formula is C18H26IN5. The maximum Gasteiger partial charge on any atom is 0.191 e. The normalized spacial score (nSPS) is 10.8. The molecule has 0 aliphatic rings. The standard InChI is InChI=1S/C18H25N5.HI/c1-4-12-20-18(19-3)21-13-8-9-16-14-23(22-15(16)2)17-10-6-5-7-11-17;/h4-7,10-11,14H,1,8-9,12-13H2,2-3H3,(H2,19,20,21);1H. The molecule has 0 fully saturated rings. The first kappa shape index (κ1) is 20.2. The average Bonchev–Trinajstić information content (AvgIpc) is 2.96. The second-order valence-corrected chi connectivity index (χ2v) is 5.29. The van der Waals surface area contributed by atoms with Gasteiger partial charge in [0.15, 0.2) is 5.96 Å². The van der Waals surface area contributed by atoms with Gasteiger partial charge in [0.2, 0.25) is 0 Å². The maximum atomic E-state index is 4.60. The van der Waals surface area contributed by atoms with Crippen molar-refractivity contribution in [1.29, 1.82) is 0 Å². The maximum absolute atomic E-state index is 4.60. The Labute approximate surface area is 161 Å². The quantitative estimate of drug-likeness (QED) is 0.229. The molecule has 0 saturated heterocycles. The van der Waals surface area contributed by atoms with E-state index in [1.165, 1.54) is 5.56 Å². The highest BCUT2D eigenvalue weighted by Crippen LogP contribution is 2.13. The van der Waals surface area contributed by atoms with E-state index in [4.69, 9.17) is 0 Å². The Morgan fingerprint density at radius 1 is 1.29 bits per heavy atom.